The molecule has 4 rings (SSSR count). The third-order valence-corrected chi connectivity index (χ3v) is 5.08. The van der Waals surface area contributed by atoms with Crippen LogP contribution in [-0.2, 0) is 11.3 Å². The Morgan fingerprint density at radius 1 is 1.11 bits per heavy atom. The Kier molecular flexibility index (Phi) is 4.52. The first-order valence-corrected chi connectivity index (χ1v) is 9.19. The third kappa shape index (κ3) is 3.25. The quantitative estimate of drug-likeness (QED) is 0.678. The van der Waals surface area contributed by atoms with Crippen LogP contribution in [0.15, 0.2) is 54.7 Å². The minimum atomic E-state index is -0.255. The zero-order valence-electron chi connectivity index (χ0n) is 15.5. The minimum Gasteiger partial charge on any atom is -0.365 e. The summed E-state index contributed by atoms with van der Waals surface area (Å²) in [6.07, 6.45) is 1.70. The SMILES string of the molecule is CC(=O)N1C[C@@H](C)CN(Cc2ccc(F)c3cccnc23)c2ccccc21. The lowest BCUT2D eigenvalue weighted by atomic mass is 10.1. The number of pyridine rings is 1. The lowest BCUT2D eigenvalue weighted by Gasteiger charge is -2.27. The van der Waals surface area contributed by atoms with Crippen LogP contribution in [0, 0.1) is 11.7 Å². The molecule has 5 heteroatoms. The summed E-state index contributed by atoms with van der Waals surface area (Å²) in [6.45, 7) is 5.87. The number of amides is 1. The number of carbonyl (C=O) groups excluding carboxylic acids is 1. The molecule has 1 atom stereocenters. The van der Waals surface area contributed by atoms with Crippen molar-refractivity contribution in [2.75, 3.05) is 22.9 Å². The fourth-order valence-electron chi connectivity index (χ4n) is 3.88. The molecule has 0 N–H and O–H groups in total. The summed E-state index contributed by atoms with van der Waals surface area (Å²) in [5.41, 5.74) is 3.61. The highest BCUT2D eigenvalue weighted by Crippen LogP contribution is 2.35. The van der Waals surface area contributed by atoms with Crippen LogP contribution in [0.25, 0.3) is 10.9 Å². The standard InChI is InChI=1S/C22H22FN3O/c1-15-12-25(20-7-3-4-8-21(20)26(13-15)16(2)27)14-17-9-10-19(23)18-6-5-11-24-22(17)18/h3-11,15H,12-14H2,1-2H3/t15-/m0/s1. The summed E-state index contributed by atoms with van der Waals surface area (Å²) < 4.78 is 14.2. The van der Waals surface area contributed by atoms with Gasteiger partial charge in [0, 0.05) is 38.1 Å². The van der Waals surface area contributed by atoms with Gasteiger partial charge in [-0.2, -0.15) is 0 Å². The number of rotatable bonds is 2. The van der Waals surface area contributed by atoms with Crippen LogP contribution in [-0.4, -0.2) is 24.0 Å². The normalized spacial score (nSPS) is 16.9. The van der Waals surface area contributed by atoms with E-state index >= 15 is 0 Å². The van der Waals surface area contributed by atoms with Crippen molar-refractivity contribution in [3.8, 4) is 0 Å². The van der Waals surface area contributed by atoms with Gasteiger partial charge in [-0.05, 0) is 41.8 Å². The summed E-state index contributed by atoms with van der Waals surface area (Å²) in [7, 11) is 0. The molecule has 0 unspecified atom stereocenters. The fraction of sp³-hybridized carbons (Fsp3) is 0.273. The van der Waals surface area contributed by atoms with Crippen molar-refractivity contribution < 1.29 is 9.18 Å². The Morgan fingerprint density at radius 2 is 1.89 bits per heavy atom. The van der Waals surface area contributed by atoms with Crippen molar-refractivity contribution in [3.63, 3.8) is 0 Å². The van der Waals surface area contributed by atoms with Crippen molar-refractivity contribution in [3.05, 3.63) is 66.1 Å². The molecule has 2 aromatic carbocycles. The Bertz CT molecular complexity index is 1000. The van der Waals surface area contributed by atoms with Gasteiger partial charge in [0.25, 0.3) is 0 Å². The van der Waals surface area contributed by atoms with Crippen LogP contribution in [0.3, 0.4) is 0 Å². The average Bonchev–Trinajstić information content (AvgIpc) is 2.81. The lowest BCUT2D eigenvalue weighted by molar-refractivity contribution is -0.116. The molecule has 4 nitrogen and oxygen atoms in total. The number of nitrogens with zero attached hydrogens (tertiary/aromatic N) is 3. The molecule has 1 aromatic heterocycles. The topological polar surface area (TPSA) is 36.4 Å². The second kappa shape index (κ2) is 6.99. The van der Waals surface area contributed by atoms with E-state index < -0.39 is 0 Å². The molecule has 2 heterocycles. The molecule has 3 aromatic rings. The van der Waals surface area contributed by atoms with Gasteiger partial charge >= 0.3 is 0 Å². The van der Waals surface area contributed by atoms with Crippen molar-refractivity contribution in [2.45, 2.75) is 20.4 Å². The van der Waals surface area contributed by atoms with Crippen LogP contribution >= 0.6 is 0 Å². The maximum absolute atomic E-state index is 14.2. The van der Waals surface area contributed by atoms with E-state index in [4.69, 9.17) is 0 Å². The molecule has 1 aliphatic heterocycles. The van der Waals surface area contributed by atoms with Gasteiger partial charge in [0.1, 0.15) is 5.82 Å². The molecular weight excluding hydrogens is 341 g/mol. The van der Waals surface area contributed by atoms with E-state index in [9.17, 15) is 9.18 Å². The third-order valence-electron chi connectivity index (χ3n) is 5.08. The molecule has 0 spiro atoms. The van der Waals surface area contributed by atoms with E-state index in [1.807, 2.05) is 35.2 Å². The predicted octanol–water partition coefficient (Wildman–Crippen LogP) is 4.38. The second-order valence-electron chi connectivity index (χ2n) is 7.21. The molecule has 0 bridgehead atoms. The Hall–Kier alpha value is -2.95. The van der Waals surface area contributed by atoms with E-state index in [1.54, 1.807) is 25.3 Å². The first-order valence-electron chi connectivity index (χ1n) is 9.19. The van der Waals surface area contributed by atoms with E-state index in [0.717, 1.165) is 23.5 Å². The van der Waals surface area contributed by atoms with Gasteiger partial charge in [-0.3, -0.25) is 9.78 Å². The number of anilines is 2. The highest BCUT2D eigenvalue weighted by atomic mass is 19.1. The Morgan fingerprint density at radius 3 is 2.67 bits per heavy atom. The number of halogens is 1. The first-order chi connectivity index (χ1) is 13.0. The van der Waals surface area contributed by atoms with Crippen LogP contribution in [0.5, 0.6) is 0 Å². The van der Waals surface area contributed by atoms with Gasteiger partial charge in [-0.15, -0.1) is 0 Å². The summed E-state index contributed by atoms with van der Waals surface area (Å²) in [5, 5.41) is 0.538. The Labute approximate surface area is 158 Å². The van der Waals surface area contributed by atoms with Crippen LogP contribution in [0.2, 0.25) is 0 Å². The lowest BCUT2D eigenvalue weighted by Crippen LogP contribution is -2.33. The molecule has 138 valence electrons. The van der Waals surface area contributed by atoms with Gasteiger partial charge in [0.05, 0.1) is 16.9 Å². The van der Waals surface area contributed by atoms with Gasteiger partial charge in [0.15, 0.2) is 0 Å². The van der Waals surface area contributed by atoms with Crippen LogP contribution < -0.4 is 9.80 Å². The summed E-state index contributed by atoms with van der Waals surface area (Å²) in [6, 6.07) is 14.8. The van der Waals surface area contributed by atoms with E-state index in [0.29, 0.717) is 29.9 Å². The van der Waals surface area contributed by atoms with E-state index in [1.165, 1.54) is 6.07 Å². The largest absolute Gasteiger partial charge is 0.365 e. The zero-order valence-corrected chi connectivity index (χ0v) is 15.5. The summed E-state index contributed by atoms with van der Waals surface area (Å²) >= 11 is 0. The number of hydrogen-bond acceptors (Lipinski definition) is 3. The molecule has 0 radical (unpaired) electrons. The molecule has 0 saturated carbocycles. The summed E-state index contributed by atoms with van der Waals surface area (Å²) in [4.78, 5) is 20.7. The second-order valence-corrected chi connectivity index (χ2v) is 7.21. The number of hydrogen-bond donors (Lipinski definition) is 0. The van der Waals surface area contributed by atoms with E-state index in [-0.39, 0.29) is 11.7 Å². The number of carbonyl (C=O) groups is 1. The molecular formula is C22H22FN3O. The Balaban J connectivity index is 1.79. The van der Waals surface area contributed by atoms with E-state index in [2.05, 4.69) is 16.8 Å². The number of para-hydroxylation sites is 2. The molecule has 1 aliphatic rings. The van der Waals surface area contributed by atoms with Gasteiger partial charge in [-0.25, -0.2) is 4.39 Å². The first kappa shape index (κ1) is 17.5. The molecule has 0 saturated heterocycles. The van der Waals surface area contributed by atoms with Crippen molar-refractivity contribution in [1.29, 1.82) is 0 Å². The predicted molar refractivity (Wildman–Crippen MR) is 106 cm³/mol. The van der Waals surface area contributed by atoms with Crippen LogP contribution in [0.1, 0.15) is 19.4 Å². The molecule has 27 heavy (non-hydrogen) atoms. The van der Waals surface area contributed by atoms with Crippen molar-refractivity contribution in [2.24, 2.45) is 5.92 Å². The monoisotopic (exact) mass is 363 g/mol. The maximum Gasteiger partial charge on any atom is 0.223 e. The number of benzene rings is 2. The van der Waals surface area contributed by atoms with Gasteiger partial charge < -0.3 is 9.80 Å². The number of fused-ring (bicyclic) bond motifs is 2. The molecule has 0 aliphatic carbocycles. The zero-order chi connectivity index (χ0) is 19.0. The molecule has 0 fully saturated rings. The number of aromatic nitrogens is 1. The average molecular weight is 363 g/mol. The summed E-state index contributed by atoms with van der Waals surface area (Å²) in [5.74, 6) is 0.0975. The molecule has 1 amide bonds. The fourth-order valence-corrected chi connectivity index (χ4v) is 3.88. The van der Waals surface area contributed by atoms with Crippen LogP contribution in [0.4, 0.5) is 15.8 Å². The highest BCUT2D eigenvalue weighted by Gasteiger charge is 2.26. The highest BCUT2D eigenvalue weighted by molar-refractivity contribution is 5.95. The van der Waals surface area contributed by atoms with Crippen molar-refractivity contribution >= 4 is 28.2 Å². The van der Waals surface area contributed by atoms with Crippen molar-refractivity contribution in [1.82, 2.24) is 4.98 Å². The maximum atomic E-state index is 14.2. The smallest absolute Gasteiger partial charge is 0.223 e. The van der Waals surface area contributed by atoms with Gasteiger partial charge in [0.2, 0.25) is 5.91 Å². The minimum absolute atomic E-state index is 0.0463. The van der Waals surface area contributed by atoms with Gasteiger partial charge in [-0.1, -0.05) is 25.1 Å².